The van der Waals surface area contributed by atoms with Crippen molar-refractivity contribution < 1.29 is 24.0 Å². The fourth-order valence-corrected chi connectivity index (χ4v) is 2.51. The van der Waals surface area contributed by atoms with Crippen LogP contribution in [0.25, 0.3) is 0 Å². The number of hydrogen-bond acceptors (Lipinski definition) is 6. The highest BCUT2D eigenvalue weighted by Gasteiger charge is 2.35. The molecule has 5 amide bonds. The van der Waals surface area contributed by atoms with Crippen LogP contribution in [-0.4, -0.2) is 72.6 Å². The van der Waals surface area contributed by atoms with Crippen molar-refractivity contribution in [1.82, 2.24) is 20.4 Å². The van der Waals surface area contributed by atoms with Crippen molar-refractivity contribution in [3.05, 3.63) is 12.2 Å². The Morgan fingerprint density at radius 1 is 1.17 bits per heavy atom. The quantitative estimate of drug-likeness (QED) is 0.392. The average Bonchev–Trinajstić information content (AvgIpc) is 2.99. The van der Waals surface area contributed by atoms with Gasteiger partial charge < -0.3 is 10.6 Å². The molecule has 9 nitrogen and oxygen atoms in total. The summed E-state index contributed by atoms with van der Waals surface area (Å²) in [5.41, 5.74) is 0. The standard InChI is InChI=1S/C15H20N4O5/c1-18-14(23)8-10(15(18)24)9-16-5-6-17-11(20)4-7-19-12(21)2-3-13(19)22/h2-3,10,16H,4-9H2,1H3,(H,17,20). The van der Waals surface area contributed by atoms with E-state index in [1.54, 1.807) is 0 Å². The number of imide groups is 2. The Kier molecular flexibility index (Phi) is 5.80. The fraction of sp³-hybridized carbons (Fsp3) is 0.533. The minimum atomic E-state index is -0.407. The predicted octanol–water partition coefficient (Wildman–Crippen LogP) is -1.99. The summed E-state index contributed by atoms with van der Waals surface area (Å²) >= 11 is 0. The molecule has 2 rings (SSSR count). The second-order valence-corrected chi connectivity index (χ2v) is 5.66. The zero-order valence-electron chi connectivity index (χ0n) is 13.4. The third-order valence-electron chi connectivity index (χ3n) is 3.95. The summed E-state index contributed by atoms with van der Waals surface area (Å²) in [6.07, 6.45) is 2.60. The van der Waals surface area contributed by atoms with Gasteiger partial charge in [0, 0.05) is 58.2 Å². The third kappa shape index (κ3) is 4.25. The zero-order valence-corrected chi connectivity index (χ0v) is 13.4. The lowest BCUT2D eigenvalue weighted by molar-refractivity contribution is -0.139. The van der Waals surface area contributed by atoms with Gasteiger partial charge in [-0.05, 0) is 0 Å². The molecule has 1 saturated heterocycles. The van der Waals surface area contributed by atoms with Gasteiger partial charge in [0.15, 0.2) is 0 Å². The normalized spacial score (nSPS) is 20.5. The molecule has 2 aliphatic rings. The van der Waals surface area contributed by atoms with Gasteiger partial charge in [-0.25, -0.2) is 0 Å². The summed E-state index contributed by atoms with van der Waals surface area (Å²) in [5.74, 6) is -1.80. The monoisotopic (exact) mass is 336 g/mol. The Hall–Kier alpha value is -2.55. The van der Waals surface area contributed by atoms with Gasteiger partial charge in [-0.1, -0.05) is 0 Å². The summed E-state index contributed by atoms with van der Waals surface area (Å²) in [6.45, 7) is 1.24. The Balaban J connectivity index is 1.55. The van der Waals surface area contributed by atoms with Gasteiger partial charge >= 0.3 is 0 Å². The Labute approximate surface area is 139 Å². The number of likely N-dealkylation sites (tertiary alicyclic amines) is 1. The van der Waals surface area contributed by atoms with Gasteiger partial charge in [-0.3, -0.25) is 33.8 Å². The number of hydrogen-bond donors (Lipinski definition) is 2. The Morgan fingerprint density at radius 3 is 2.42 bits per heavy atom. The Bertz CT molecular complexity index is 583. The van der Waals surface area contributed by atoms with E-state index in [9.17, 15) is 24.0 Å². The van der Waals surface area contributed by atoms with Gasteiger partial charge in [0.05, 0.1) is 5.92 Å². The molecule has 0 radical (unpaired) electrons. The summed E-state index contributed by atoms with van der Waals surface area (Å²) in [4.78, 5) is 59.5. The van der Waals surface area contributed by atoms with E-state index in [4.69, 9.17) is 0 Å². The number of carbonyl (C=O) groups excluding carboxylic acids is 5. The molecule has 0 bridgehead atoms. The van der Waals surface area contributed by atoms with E-state index in [0.29, 0.717) is 19.6 Å². The van der Waals surface area contributed by atoms with Crippen molar-refractivity contribution in [2.45, 2.75) is 12.8 Å². The number of nitrogens with zero attached hydrogens (tertiary/aromatic N) is 2. The molecule has 2 aliphatic heterocycles. The average molecular weight is 336 g/mol. The van der Waals surface area contributed by atoms with E-state index in [1.807, 2.05) is 0 Å². The molecular formula is C15H20N4O5. The minimum Gasteiger partial charge on any atom is -0.355 e. The molecule has 0 aliphatic carbocycles. The molecule has 1 fully saturated rings. The van der Waals surface area contributed by atoms with Crippen molar-refractivity contribution in [1.29, 1.82) is 0 Å². The van der Waals surface area contributed by atoms with Gasteiger partial charge in [-0.2, -0.15) is 0 Å². The van der Waals surface area contributed by atoms with Crippen molar-refractivity contribution in [3.63, 3.8) is 0 Å². The van der Waals surface area contributed by atoms with Crippen molar-refractivity contribution in [2.24, 2.45) is 5.92 Å². The maximum atomic E-state index is 11.7. The van der Waals surface area contributed by atoms with E-state index < -0.39 is 11.8 Å². The SMILES string of the molecule is CN1C(=O)CC(CNCCNC(=O)CCN2C(=O)C=CC2=O)C1=O. The molecule has 1 unspecified atom stereocenters. The van der Waals surface area contributed by atoms with Crippen LogP contribution in [-0.2, 0) is 24.0 Å². The van der Waals surface area contributed by atoms with E-state index >= 15 is 0 Å². The molecule has 2 N–H and O–H groups in total. The summed E-state index contributed by atoms with van der Waals surface area (Å²) in [6, 6.07) is 0. The van der Waals surface area contributed by atoms with E-state index in [-0.39, 0.29) is 43.0 Å². The lowest BCUT2D eigenvalue weighted by Crippen LogP contribution is -2.38. The van der Waals surface area contributed by atoms with Crippen LogP contribution in [0.15, 0.2) is 12.2 Å². The van der Waals surface area contributed by atoms with Crippen molar-refractivity contribution in [2.75, 3.05) is 33.2 Å². The van der Waals surface area contributed by atoms with E-state index in [2.05, 4.69) is 10.6 Å². The van der Waals surface area contributed by atoms with Crippen LogP contribution in [0, 0.1) is 5.92 Å². The molecule has 0 spiro atoms. The highest BCUT2D eigenvalue weighted by molar-refractivity contribution is 6.13. The Morgan fingerprint density at radius 2 is 1.83 bits per heavy atom. The lowest BCUT2D eigenvalue weighted by atomic mass is 10.1. The maximum absolute atomic E-state index is 11.7. The van der Waals surface area contributed by atoms with Crippen LogP contribution < -0.4 is 10.6 Å². The second kappa shape index (κ2) is 7.82. The predicted molar refractivity (Wildman–Crippen MR) is 82.2 cm³/mol. The topological polar surface area (TPSA) is 116 Å². The van der Waals surface area contributed by atoms with Gasteiger partial charge in [0.2, 0.25) is 17.7 Å². The number of carbonyl (C=O) groups is 5. The molecule has 0 saturated carbocycles. The van der Waals surface area contributed by atoms with Crippen LogP contribution in [0.4, 0.5) is 0 Å². The van der Waals surface area contributed by atoms with Gasteiger partial charge in [0.1, 0.15) is 0 Å². The number of amides is 5. The maximum Gasteiger partial charge on any atom is 0.253 e. The number of rotatable bonds is 8. The summed E-state index contributed by atoms with van der Waals surface area (Å²) in [5, 5.41) is 5.68. The van der Waals surface area contributed by atoms with Crippen LogP contribution in [0.2, 0.25) is 0 Å². The molecule has 24 heavy (non-hydrogen) atoms. The van der Waals surface area contributed by atoms with E-state index in [1.165, 1.54) is 19.2 Å². The first-order valence-electron chi connectivity index (χ1n) is 7.71. The lowest BCUT2D eigenvalue weighted by Gasteiger charge is -2.13. The van der Waals surface area contributed by atoms with Crippen molar-refractivity contribution >= 4 is 29.5 Å². The molecule has 1 atom stereocenters. The van der Waals surface area contributed by atoms with Crippen LogP contribution in [0.1, 0.15) is 12.8 Å². The van der Waals surface area contributed by atoms with Crippen LogP contribution in [0.3, 0.4) is 0 Å². The smallest absolute Gasteiger partial charge is 0.253 e. The summed E-state index contributed by atoms with van der Waals surface area (Å²) in [7, 11) is 1.47. The minimum absolute atomic E-state index is 0.0412. The largest absolute Gasteiger partial charge is 0.355 e. The molecular weight excluding hydrogens is 316 g/mol. The molecule has 0 aromatic rings. The number of nitrogens with one attached hydrogen (secondary N) is 2. The molecule has 0 aromatic carbocycles. The third-order valence-corrected chi connectivity index (χ3v) is 3.95. The van der Waals surface area contributed by atoms with Crippen LogP contribution in [0.5, 0.6) is 0 Å². The molecule has 130 valence electrons. The first kappa shape index (κ1) is 17.8. The zero-order chi connectivity index (χ0) is 17.7. The molecule has 9 heteroatoms. The van der Waals surface area contributed by atoms with Crippen LogP contribution >= 0.6 is 0 Å². The highest BCUT2D eigenvalue weighted by atomic mass is 16.2. The van der Waals surface area contributed by atoms with Crippen molar-refractivity contribution in [3.8, 4) is 0 Å². The van der Waals surface area contributed by atoms with E-state index in [0.717, 1.165) is 9.80 Å². The fourth-order valence-electron chi connectivity index (χ4n) is 2.51. The second-order valence-electron chi connectivity index (χ2n) is 5.66. The summed E-state index contributed by atoms with van der Waals surface area (Å²) < 4.78 is 0. The molecule has 0 aromatic heterocycles. The highest BCUT2D eigenvalue weighted by Crippen LogP contribution is 2.16. The van der Waals surface area contributed by atoms with Gasteiger partial charge in [0.25, 0.3) is 11.8 Å². The molecule has 2 heterocycles. The first-order chi connectivity index (χ1) is 11.4. The van der Waals surface area contributed by atoms with Gasteiger partial charge in [-0.15, -0.1) is 0 Å². The first-order valence-corrected chi connectivity index (χ1v) is 7.71.